The Labute approximate surface area is 149 Å². The Kier molecular flexibility index (Phi) is 4.01. The number of para-hydroxylation sites is 1. The van der Waals surface area contributed by atoms with Gasteiger partial charge in [-0.2, -0.15) is 0 Å². The molecule has 130 valence electrons. The van der Waals surface area contributed by atoms with E-state index in [2.05, 4.69) is 4.98 Å². The number of rotatable bonds is 4. The molecule has 26 heavy (non-hydrogen) atoms. The lowest BCUT2D eigenvalue weighted by atomic mass is 9.81. The van der Waals surface area contributed by atoms with Crippen molar-refractivity contribution in [1.82, 2.24) is 9.55 Å². The molecule has 1 fully saturated rings. The van der Waals surface area contributed by atoms with E-state index in [1.807, 2.05) is 60.7 Å². The second kappa shape index (κ2) is 6.48. The molecule has 1 N–H and O–H groups in total. The molecular weight excluding hydrogens is 330 g/mol. The molecule has 0 bridgehead atoms. The molecule has 0 saturated carbocycles. The van der Waals surface area contributed by atoms with Gasteiger partial charge in [0.2, 0.25) is 5.91 Å². The normalized spacial score (nSPS) is 19.2. The number of nitrogens with zero attached hydrogens (tertiary/aromatic N) is 2. The number of anilines is 1. The van der Waals surface area contributed by atoms with Crippen LogP contribution in [-0.4, -0.2) is 15.5 Å². The van der Waals surface area contributed by atoms with Gasteiger partial charge in [-0.3, -0.25) is 19.1 Å². The van der Waals surface area contributed by atoms with Crippen molar-refractivity contribution in [3.63, 3.8) is 0 Å². The molecule has 1 amide bonds. The second-order valence-electron chi connectivity index (χ2n) is 6.27. The molecule has 2 atom stereocenters. The van der Waals surface area contributed by atoms with Gasteiger partial charge in [-0.25, -0.2) is 4.79 Å². The minimum Gasteiger partial charge on any atom is -0.304 e. The third kappa shape index (κ3) is 2.75. The number of hydrogen-bond acceptors (Lipinski definition) is 3. The molecule has 0 unspecified atom stereocenters. The van der Waals surface area contributed by atoms with E-state index in [1.54, 1.807) is 4.90 Å². The Morgan fingerprint density at radius 3 is 2.15 bits per heavy atom. The number of β-lactam (4-membered cyclic amide) rings is 1. The fourth-order valence-electron chi connectivity index (χ4n) is 3.43. The van der Waals surface area contributed by atoms with Gasteiger partial charge in [0.05, 0.1) is 12.0 Å². The molecule has 1 saturated heterocycles. The van der Waals surface area contributed by atoms with Crippen LogP contribution in [0.2, 0.25) is 0 Å². The van der Waals surface area contributed by atoms with Gasteiger partial charge in [-0.05, 0) is 17.7 Å². The summed E-state index contributed by atoms with van der Waals surface area (Å²) in [4.78, 5) is 40.1. The Morgan fingerprint density at radius 2 is 1.50 bits per heavy atom. The molecule has 0 spiro atoms. The highest BCUT2D eigenvalue weighted by atomic mass is 16.2. The number of aromatic nitrogens is 2. The van der Waals surface area contributed by atoms with Crippen LogP contribution in [0, 0.1) is 5.92 Å². The molecule has 6 nitrogen and oxygen atoms in total. The Hall–Kier alpha value is -3.41. The first kappa shape index (κ1) is 16.1. The number of aromatic amines is 1. The summed E-state index contributed by atoms with van der Waals surface area (Å²) in [7, 11) is 0. The van der Waals surface area contributed by atoms with Crippen LogP contribution in [0.3, 0.4) is 0 Å². The number of H-pyrrole nitrogens is 1. The maximum absolute atomic E-state index is 12.9. The highest BCUT2D eigenvalue weighted by molar-refractivity contribution is 6.03. The topological polar surface area (TPSA) is 75.2 Å². The zero-order valence-corrected chi connectivity index (χ0v) is 13.9. The number of amides is 1. The molecule has 1 aliphatic rings. The average Bonchev–Trinajstić information content (AvgIpc) is 2.66. The Bertz CT molecular complexity index is 1040. The molecule has 2 heterocycles. The molecule has 0 aliphatic carbocycles. The third-order valence-corrected chi connectivity index (χ3v) is 4.68. The Morgan fingerprint density at radius 1 is 0.846 bits per heavy atom. The first-order valence-corrected chi connectivity index (χ1v) is 8.38. The average molecular weight is 347 g/mol. The van der Waals surface area contributed by atoms with E-state index in [0.29, 0.717) is 0 Å². The fraction of sp³-hybridized carbons (Fsp3) is 0.150. The molecule has 1 aliphatic heterocycles. The molecular formula is C20H17N3O3. The van der Waals surface area contributed by atoms with Crippen LogP contribution in [0.4, 0.5) is 5.69 Å². The molecule has 3 aromatic rings. The van der Waals surface area contributed by atoms with Gasteiger partial charge in [-0.15, -0.1) is 0 Å². The SMILES string of the molecule is O=C1[C@@H](Cn2ccc(=O)[nH]c2=O)[C@@H](c2ccccc2)N1c1ccccc1. The van der Waals surface area contributed by atoms with Crippen LogP contribution in [0.25, 0.3) is 0 Å². The first-order chi connectivity index (χ1) is 12.6. The minimum absolute atomic E-state index is 0.0387. The summed E-state index contributed by atoms with van der Waals surface area (Å²) in [5, 5.41) is 0. The van der Waals surface area contributed by atoms with E-state index >= 15 is 0 Å². The minimum atomic E-state index is -0.504. The zero-order chi connectivity index (χ0) is 18.1. The monoisotopic (exact) mass is 347 g/mol. The smallest absolute Gasteiger partial charge is 0.304 e. The summed E-state index contributed by atoms with van der Waals surface area (Å²) < 4.78 is 1.38. The van der Waals surface area contributed by atoms with E-state index in [4.69, 9.17) is 0 Å². The highest BCUT2D eigenvalue weighted by Crippen LogP contribution is 2.43. The van der Waals surface area contributed by atoms with E-state index in [9.17, 15) is 14.4 Å². The number of hydrogen-bond donors (Lipinski definition) is 1. The molecule has 0 radical (unpaired) electrons. The maximum atomic E-state index is 12.9. The van der Waals surface area contributed by atoms with Crippen molar-refractivity contribution >= 4 is 11.6 Å². The van der Waals surface area contributed by atoms with Gasteiger partial charge in [0.25, 0.3) is 5.56 Å². The van der Waals surface area contributed by atoms with Crippen LogP contribution >= 0.6 is 0 Å². The number of nitrogens with one attached hydrogen (secondary N) is 1. The van der Waals surface area contributed by atoms with Gasteiger partial charge in [0.1, 0.15) is 0 Å². The summed E-state index contributed by atoms with van der Waals surface area (Å²) in [5.41, 5.74) is 0.891. The number of benzene rings is 2. The molecule has 1 aromatic heterocycles. The molecule has 4 rings (SSSR count). The van der Waals surface area contributed by atoms with Gasteiger partial charge in [-0.1, -0.05) is 48.5 Å². The predicted octanol–water partition coefficient (Wildman–Crippen LogP) is 1.94. The maximum Gasteiger partial charge on any atom is 0.328 e. The summed E-state index contributed by atoms with van der Waals surface area (Å²) in [6, 6.07) is 20.4. The lowest BCUT2D eigenvalue weighted by Crippen LogP contribution is -2.57. The lowest BCUT2D eigenvalue weighted by molar-refractivity contribution is -0.131. The van der Waals surface area contributed by atoms with Crippen molar-refractivity contribution in [1.29, 1.82) is 0 Å². The van der Waals surface area contributed by atoms with Crippen molar-refractivity contribution in [2.24, 2.45) is 5.92 Å². The lowest BCUT2D eigenvalue weighted by Gasteiger charge is -2.47. The third-order valence-electron chi connectivity index (χ3n) is 4.68. The first-order valence-electron chi connectivity index (χ1n) is 8.38. The Balaban J connectivity index is 1.71. The summed E-state index contributed by atoms with van der Waals surface area (Å²) in [6.07, 6.45) is 1.43. The van der Waals surface area contributed by atoms with Crippen LogP contribution in [-0.2, 0) is 11.3 Å². The van der Waals surface area contributed by atoms with E-state index in [0.717, 1.165) is 11.3 Å². The van der Waals surface area contributed by atoms with Gasteiger partial charge < -0.3 is 4.90 Å². The van der Waals surface area contributed by atoms with E-state index in [1.165, 1.54) is 16.8 Å². The molecule has 6 heteroatoms. The molecule has 2 aromatic carbocycles. The standard InChI is InChI=1S/C20H17N3O3/c24-17-11-12-22(20(26)21-17)13-16-18(14-7-3-1-4-8-14)23(19(16)25)15-9-5-2-6-10-15/h1-12,16,18H,13H2,(H,21,24,26)/t16-,18+/m0/s1. The van der Waals surface area contributed by atoms with Gasteiger partial charge in [0, 0.05) is 24.5 Å². The van der Waals surface area contributed by atoms with Gasteiger partial charge in [0.15, 0.2) is 0 Å². The summed E-state index contributed by atoms with van der Waals surface area (Å²) in [6.45, 7) is 0.220. The number of carbonyl (C=O) groups is 1. The van der Waals surface area contributed by atoms with Crippen molar-refractivity contribution in [3.05, 3.63) is 99.3 Å². The van der Waals surface area contributed by atoms with Crippen LogP contribution in [0.15, 0.2) is 82.5 Å². The summed E-state index contributed by atoms with van der Waals surface area (Å²) >= 11 is 0. The van der Waals surface area contributed by atoms with Crippen LogP contribution in [0.1, 0.15) is 11.6 Å². The predicted molar refractivity (Wildman–Crippen MR) is 97.9 cm³/mol. The van der Waals surface area contributed by atoms with E-state index < -0.39 is 11.2 Å². The van der Waals surface area contributed by atoms with Crippen molar-refractivity contribution in [2.45, 2.75) is 12.6 Å². The van der Waals surface area contributed by atoms with Crippen molar-refractivity contribution in [2.75, 3.05) is 4.90 Å². The quantitative estimate of drug-likeness (QED) is 0.733. The van der Waals surface area contributed by atoms with Gasteiger partial charge >= 0.3 is 5.69 Å². The number of carbonyl (C=O) groups excluding carboxylic acids is 1. The largest absolute Gasteiger partial charge is 0.328 e. The zero-order valence-electron chi connectivity index (χ0n) is 13.9. The van der Waals surface area contributed by atoms with E-state index in [-0.39, 0.29) is 24.4 Å². The fourth-order valence-corrected chi connectivity index (χ4v) is 3.43. The second-order valence-corrected chi connectivity index (χ2v) is 6.27. The summed E-state index contributed by atoms with van der Waals surface area (Å²) in [5.74, 6) is -0.413. The van der Waals surface area contributed by atoms with Crippen molar-refractivity contribution < 1.29 is 4.79 Å². The highest BCUT2D eigenvalue weighted by Gasteiger charge is 2.48. The van der Waals surface area contributed by atoms with Crippen LogP contribution in [0.5, 0.6) is 0 Å². The van der Waals surface area contributed by atoms with Crippen LogP contribution < -0.4 is 16.1 Å². The van der Waals surface area contributed by atoms with Crippen molar-refractivity contribution in [3.8, 4) is 0 Å².